The maximum absolute atomic E-state index is 11.9. The highest BCUT2D eigenvalue weighted by atomic mass is 16.7. The molecule has 1 atom stereocenters. The molecular weight excluding hydrogens is 314 g/mol. The van der Waals surface area contributed by atoms with Crippen LogP contribution in [0.2, 0.25) is 0 Å². The first-order chi connectivity index (χ1) is 11.8. The predicted octanol–water partition coefficient (Wildman–Crippen LogP) is 4.17. The van der Waals surface area contributed by atoms with Crippen molar-refractivity contribution in [2.24, 2.45) is 5.16 Å². The fraction of sp³-hybridized carbons (Fsp3) is 0.333. The van der Waals surface area contributed by atoms with Crippen LogP contribution in [0.4, 0.5) is 0 Å². The van der Waals surface area contributed by atoms with E-state index in [1.54, 1.807) is 0 Å². The van der Waals surface area contributed by atoms with Gasteiger partial charge in [0.1, 0.15) is 0 Å². The molecule has 3 rings (SSSR count). The van der Waals surface area contributed by atoms with Gasteiger partial charge in [0.25, 0.3) is 0 Å². The van der Waals surface area contributed by atoms with Crippen LogP contribution in [0.3, 0.4) is 0 Å². The summed E-state index contributed by atoms with van der Waals surface area (Å²) >= 11 is 0. The molecule has 4 nitrogen and oxygen atoms in total. The number of hydrogen-bond donors (Lipinski definition) is 1. The number of carboxylic acids is 1. The number of oxime groups is 1. The zero-order valence-electron chi connectivity index (χ0n) is 14.8. The molecule has 0 aliphatic carbocycles. The van der Waals surface area contributed by atoms with Crippen LogP contribution in [0.15, 0.2) is 59.8 Å². The standard InChI is InChI=1S/C21H23NO3/c1-20(2,3)17-11-7-10-16(12-17)18-14-21(19(23)24,25-22-18)13-15-8-5-4-6-9-15/h4-12H,13-14H2,1-3H3,(H,23,24). The summed E-state index contributed by atoms with van der Waals surface area (Å²) < 4.78 is 0. The molecule has 1 aliphatic rings. The van der Waals surface area contributed by atoms with E-state index in [0.717, 1.165) is 11.1 Å². The highest BCUT2D eigenvalue weighted by Gasteiger charge is 2.47. The summed E-state index contributed by atoms with van der Waals surface area (Å²) in [4.78, 5) is 17.4. The average Bonchev–Trinajstić information content (AvgIpc) is 3.01. The van der Waals surface area contributed by atoms with E-state index in [-0.39, 0.29) is 18.3 Å². The minimum atomic E-state index is -1.34. The molecule has 2 aromatic carbocycles. The molecule has 0 saturated carbocycles. The highest BCUT2D eigenvalue weighted by molar-refractivity contribution is 6.04. The molecule has 0 aromatic heterocycles. The smallest absolute Gasteiger partial charge is 0.351 e. The van der Waals surface area contributed by atoms with Gasteiger partial charge in [0.2, 0.25) is 5.60 Å². The van der Waals surface area contributed by atoms with Gasteiger partial charge in [-0.05, 0) is 28.2 Å². The summed E-state index contributed by atoms with van der Waals surface area (Å²) in [6.45, 7) is 6.45. The lowest BCUT2D eigenvalue weighted by atomic mass is 9.84. The fourth-order valence-corrected chi connectivity index (χ4v) is 3.01. The number of hydrogen-bond acceptors (Lipinski definition) is 3. The largest absolute Gasteiger partial charge is 0.478 e. The number of carbonyl (C=O) groups is 1. The quantitative estimate of drug-likeness (QED) is 0.911. The molecule has 0 fully saturated rings. The molecule has 0 spiro atoms. The van der Waals surface area contributed by atoms with Crippen molar-refractivity contribution in [2.45, 2.75) is 44.6 Å². The molecule has 1 aliphatic heterocycles. The minimum Gasteiger partial charge on any atom is -0.478 e. The van der Waals surface area contributed by atoms with Gasteiger partial charge in [-0.1, -0.05) is 74.5 Å². The van der Waals surface area contributed by atoms with Gasteiger partial charge in [0, 0.05) is 12.8 Å². The maximum atomic E-state index is 11.9. The van der Waals surface area contributed by atoms with Crippen LogP contribution in [0, 0.1) is 0 Å². The van der Waals surface area contributed by atoms with Crippen molar-refractivity contribution < 1.29 is 14.7 Å². The normalized spacial score (nSPS) is 20.0. The van der Waals surface area contributed by atoms with Crippen molar-refractivity contribution in [1.82, 2.24) is 0 Å². The Hall–Kier alpha value is -2.62. The van der Waals surface area contributed by atoms with Gasteiger partial charge in [-0.3, -0.25) is 0 Å². The van der Waals surface area contributed by atoms with E-state index in [0.29, 0.717) is 5.71 Å². The predicted molar refractivity (Wildman–Crippen MR) is 97.9 cm³/mol. The second-order valence-corrected chi connectivity index (χ2v) is 7.60. The number of nitrogens with zero attached hydrogens (tertiary/aromatic N) is 1. The van der Waals surface area contributed by atoms with Crippen LogP contribution in [0.5, 0.6) is 0 Å². The third-order valence-electron chi connectivity index (χ3n) is 4.57. The van der Waals surface area contributed by atoms with Gasteiger partial charge in [-0.2, -0.15) is 0 Å². The Kier molecular flexibility index (Phi) is 4.38. The van der Waals surface area contributed by atoms with E-state index < -0.39 is 11.6 Å². The van der Waals surface area contributed by atoms with Crippen molar-refractivity contribution in [3.63, 3.8) is 0 Å². The molecule has 1 heterocycles. The summed E-state index contributed by atoms with van der Waals surface area (Å²) in [5.41, 5.74) is 2.39. The second kappa shape index (κ2) is 6.36. The Morgan fingerprint density at radius 3 is 2.52 bits per heavy atom. The van der Waals surface area contributed by atoms with Crippen LogP contribution in [0.1, 0.15) is 43.9 Å². The van der Waals surface area contributed by atoms with E-state index in [1.165, 1.54) is 5.56 Å². The summed E-state index contributed by atoms with van der Waals surface area (Å²) in [6, 6.07) is 17.6. The first kappa shape index (κ1) is 17.2. The van der Waals surface area contributed by atoms with E-state index in [1.807, 2.05) is 42.5 Å². The first-order valence-corrected chi connectivity index (χ1v) is 8.43. The van der Waals surface area contributed by atoms with Gasteiger partial charge in [-0.25, -0.2) is 4.79 Å². The molecule has 4 heteroatoms. The van der Waals surface area contributed by atoms with Crippen molar-refractivity contribution in [3.8, 4) is 0 Å². The minimum absolute atomic E-state index is 0.0178. The first-order valence-electron chi connectivity index (χ1n) is 8.43. The molecule has 0 amide bonds. The van der Waals surface area contributed by atoms with Crippen molar-refractivity contribution in [2.75, 3.05) is 0 Å². The molecule has 25 heavy (non-hydrogen) atoms. The molecular formula is C21H23NO3. The topological polar surface area (TPSA) is 58.9 Å². The molecule has 130 valence electrons. The number of rotatable bonds is 4. The molecule has 2 aromatic rings. The zero-order valence-corrected chi connectivity index (χ0v) is 14.8. The van der Waals surface area contributed by atoms with Crippen molar-refractivity contribution >= 4 is 11.7 Å². The third kappa shape index (κ3) is 3.58. The number of aliphatic carboxylic acids is 1. The van der Waals surface area contributed by atoms with Crippen molar-refractivity contribution in [1.29, 1.82) is 0 Å². The molecule has 1 unspecified atom stereocenters. The molecule has 0 bridgehead atoms. The van der Waals surface area contributed by atoms with Crippen LogP contribution >= 0.6 is 0 Å². The average molecular weight is 337 g/mol. The summed E-state index contributed by atoms with van der Waals surface area (Å²) in [5, 5.41) is 13.9. The SMILES string of the molecule is CC(C)(C)c1cccc(C2=NOC(Cc3ccccc3)(C(=O)O)C2)c1. The Labute approximate surface area is 148 Å². The lowest BCUT2D eigenvalue weighted by molar-refractivity contribution is -0.162. The highest BCUT2D eigenvalue weighted by Crippen LogP contribution is 2.32. The number of benzene rings is 2. The Morgan fingerprint density at radius 1 is 1.16 bits per heavy atom. The lowest BCUT2D eigenvalue weighted by Crippen LogP contribution is -2.41. The third-order valence-corrected chi connectivity index (χ3v) is 4.57. The zero-order chi connectivity index (χ0) is 18.1. The van der Waals surface area contributed by atoms with Crippen molar-refractivity contribution in [3.05, 3.63) is 71.3 Å². The molecule has 0 saturated heterocycles. The molecule has 1 N–H and O–H groups in total. The lowest BCUT2D eigenvalue weighted by Gasteiger charge is -2.22. The summed E-state index contributed by atoms with van der Waals surface area (Å²) in [5.74, 6) is -0.984. The van der Waals surface area contributed by atoms with E-state index in [4.69, 9.17) is 4.84 Å². The van der Waals surface area contributed by atoms with Gasteiger partial charge in [0.05, 0.1) is 5.71 Å². The second-order valence-electron chi connectivity index (χ2n) is 7.60. The van der Waals surface area contributed by atoms with E-state index in [9.17, 15) is 9.90 Å². The molecule has 0 radical (unpaired) electrons. The summed E-state index contributed by atoms with van der Waals surface area (Å²) in [6.07, 6.45) is 0.542. The fourth-order valence-electron chi connectivity index (χ4n) is 3.01. The Morgan fingerprint density at radius 2 is 1.88 bits per heavy atom. The van der Waals surface area contributed by atoms with Crippen LogP contribution in [-0.2, 0) is 21.5 Å². The van der Waals surface area contributed by atoms with Crippen LogP contribution in [-0.4, -0.2) is 22.4 Å². The Bertz CT molecular complexity index is 805. The van der Waals surface area contributed by atoms with Crippen LogP contribution < -0.4 is 0 Å². The Balaban J connectivity index is 1.86. The van der Waals surface area contributed by atoms with E-state index in [2.05, 4.69) is 38.1 Å². The van der Waals surface area contributed by atoms with Gasteiger partial charge in [-0.15, -0.1) is 0 Å². The monoisotopic (exact) mass is 337 g/mol. The number of carboxylic acid groups (broad SMARTS) is 1. The van der Waals surface area contributed by atoms with Gasteiger partial charge < -0.3 is 9.94 Å². The van der Waals surface area contributed by atoms with E-state index >= 15 is 0 Å². The van der Waals surface area contributed by atoms with Gasteiger partial charge in [0.15, 0.2) is 0 Å². The summed E-state index contributed by atoms with van der Waals surface area (Å²) in [7, 11) is 0. The van der Waals surface area contributed by atoms with Crippen LogP contribution in [0.25, 0.3) is 0 Å². The van der Waals surface area contributed by atoms with Gasteiger partial charge >= 0.3 is 5.97 Å². The maximum Gasteiger partial charge on any atom is 0.351 e.